The minimum atomic E-state index is -0.594. The summed E-state index contributed by atoms with van der Waals surface area (Å²) < 4.78 is 1.03. The number of benzene rings is 1. The Hall–Kier alpha value is -2.14. The zero-order valence-corrected chi connectivity index (χ0v) is 11.8. The molecular formula is C14H13ClN2O3. The van der Waals surface area contributed by atoms with E-state index in [4.69, 9.17) is 11.6 Å². The van der Waals surface area contributed by atoms with E-state index in [1.807, 2.05) is 0 Å². The minimum absolute atomic E-state index is 0.0367. The average molecular weight is 293 g/mol. The predicted octanol–water partition coefficient (Wildman–Crippen LogP) is 2.00. The first-order valence-electron chi connectivity index (χ1n) is 6.02. The van der Waals surface area contributed by atoms with Gasteiger partial charge in [0, 0.05) is 11.2 Å². The summed E-state index contributed by atoms with van der Waals surface area (Å²) in [6.45, 7) is 3.00. The fourth-order valence-corrected chi connectivity index (χ4v) is 2.11. The Morgan fingerprint density at radius 1 is 1.25 bits per heavy atom. The third kappa shape index (κ3) is 2.58. The summed E-state index contributed by atoms with van der Waals surface area (Å²) >= 11 is 5.81. The van der Waals surface area contributed by atoms with Crippen molar-refractivity contribution in [2.24, 2.45) is 0 Å². The molecule has 2 aromatic rings. The topological polar surface area (TPSA) is 71.9 Å². The zero-order valence-electron chi connectivity index (χ0n) is 11.0. The molecule has 0 spiro atoms. The lowest BCUT2D eigenvalue weighted by Gasteiger charge is -2.15. The molecule has 6 heteroatoms. The number of hydrogen-bond donors (Lipinski definition) is 1. The highest BCUT2D eigenvalue weighted by Gasteiger charge is 2.17. The van der Waals surface area contributed by atoms with E-state index in [2.05, 4.69) is 4.98 Å². The molecule has 1 aromatic heterocycles. The molecule has 104 valence electrons. The van der Waals surface area contributed by atoms with Crippen molar-refractivity contribution in [3.05, 3.63) is 67.4 Å². The lowest BCUT2D eigenvalue weighted by Crippen LogP contribution is -2.39. The van der Waals surface area contributed by atoms with Gasteiger partial charge in [0.25, 0.3) is 5.56 Å². The maximum Gasteiger partial charge on any atom is 0.328 e. The van der Waals surface area contributed by atoms with Gasteiger partial charge < -0.3 is 4.98 Å². The van der Waals surface area contributed by atoms with Crippen molar-refractivity contribution in [3.8, 4) is 0 Å². The van der Waals surface area contributed by atoms with Crippen LogP contribution in [-0.4, -0.2) is 15.3 Å². The van der Waals surface area contributed by atoms with Crippen LogP contribution in [0.15, 0.2) is 40.1 Å². The molecule has 1 aromatic carbocycles. The molecule has 1 unspecified atom stereocenters. The van der Waals surface area contributed by atoms with Crippen molar-refractivity contribution in [2.45, 2.75) is 19.9 Å². The van der Waals surface area contributed by atoms with Gasteiger partial charge in [-0.3, -0.25) is 14.2 Å². The molecule has 1 N–H and O–H groups in total. The summed E-state index contributed by atoms with van der Waals surface area (Å²) in [5.74, 6) is -0.386. The number of aromatic nitrogens is 2. The van der Waals surface area contributed by atoms with Gasteiger partial charge in [0.2, 0.25) is 0 Å². The first kappa shape index (κ1) is 14.3. The van der Waals surface area contributed by atoms with Crippen LogP contribution in [-0.2, 0) is 0 Å². The number of rotatable bonds is 3. The van der Waals surface area contributed by atoms with Crippen molar-refractivity contribution in [1.29, 1.82) is 0 Å². The zero-order chi connectivity index (χ0) is 14.9. The van der Waals surface area contributed by atoms with Crippen LogP contribution in [0.1, 0.15) is 35.8 Å². The lowest BCUT2D eigenvalue weighted by atomic mass is 10.1. The average Bonchev–Trinajstić information content (AvgIpc) is 2.38. The van der Waals surface area contributed by atoms with Crippen molar-refractivity contribution < 1.29 is 4.79 Å². The van der Waals surface area contributed by atoms with E-state index in [0.717, 1.165) is 16.3 Å². The van der Waals surface area contributed by atoms with Crippen molar-refractivity contribution >= 4 is 17.4 Å². The molecule has 0 aliphatic carbocycles. The summed E-state index contributed by atoms with van der Waals surface area (Å²) in [4.78, 5) is 37.9. The second-order valence-electron chi connectivity index (χ2n) is 4.47. The lowest BCUT2D eigenvalue weighted by molar-refractivity contribution is 0.101. The van der Waals surface area contributed by atoms with Gasteiger partial charge in [0.05, 0.1) is 11.6 Å². The van der Waals surface area contributed by atoms with Gasteiger partial charge in [-0.25, -0.2) is 4.79 Å². The van der Waals surface area contributed by atoms with E-state index >= 15 is 0 Å². The van der Waals surface area contributed by atoms with E-state index in [1.54, 1.807) is 31.2 Å². The highest BCUT2D eigenvalue weighted by atomic mass is 35.5. The van der Waals surface area contributed by atoms with Gasteiger partial charge >= 0.3 is 5.69 Å². The summed E-state index contributed by atoms with van der Waals surface area (Å²) in [5, 5.41) is 0.569. The fraction of sp³-hybridized carbons (Fsp3) is 0.214. The van der Waals surface area contributed by atoms with Crippen LogP contribution >= 0.6 is 11.6 Å². The van der Waals surface area contributed by atoms with Gasteiger partial charge in [0.1, 0.15) is 0 Å². The normalized spacial score (nSPS) is 12.2. The molecule has 1 heterocycles. The number of hydrogen-bond acceptors (Lipinski definition) is 3. The van der Waals surface area contributed by atoms with Crippen LogP contribution < -0.4 is 11.2 Å². The van der Waals surface area contributed by atoms with E-state index in [9.17, 15) is 14.4 Å². The number of H-pyrrole nitrogens is 1. The van der Waals surface area contributed by atoms with Crippen LogP contribution in [0.5, 0.6) is 0 Å². The molecule has 0 saturated heterocycles. The molecule has 0 aliphatic rings. The van der Waals surface area contributed by atoms with Crippen molar-refractivity contribution in [1.82, 2.24) is 9.55 Å². The molecule has 0 amide bonds. The molecule has 2 rings (SSSR count). The molecule has 0 radical (unpaired) electrons. The molecule has 20 heavy (non-hydrogen) atoms. The third-order valence-electron chi connectivity index (χ3n) is 3.13. The maximum atomic E-state index is 12.2. The summed E-state index contributed by atoms with van der Waals surface area (Å²) in [6.07, 6.45) is 1.15. The van der Waals surface area contributed by atoms with Crippen molar-refractivity contribution in [2.75, 3.05) is 0 Å². The van der Waals surface area contributed by atoms with E-state index in [-0.39, 0.29) is 11.3 Å². The number of carbonyl (C=O) groups excluding carboxylic acids is 1. The Kier molecular flexibility index (Phi) is 3.90. The van der Waals surface area contributed by atoms with Gasteiger partial charge in [-0.15, -0.1) is 0 Å². The second kappa shape index (κ2) is 5.46. The number of nitrogens with one attached hydrogen (secondary N) is 1. The number of ketones is 1. The van der Waals surface area contributed by atoms with E-state index in [1.165, 1.54) is 6.92 Å². The van der Waals surface area contributed by atoms with Crippen LogP contribution in [0.3, 0.4) is 0 Å². The van der Waals surface area contributed by atoms with E-state index < -0.39 is 17.3 Å². The van der Waals surface area contributed by atoms with Gasteiger partial charge in [-0.1, -0.05) is 23.7 Å². The molecule has 1 atom stereocenters. The number of nitrogens with zero attached hydrogens (tertiary/aromatic N) is 1. The standard InChI is InChI=1S/C14H13ClN2O3/c1-8(10-3-5-11(15)6-4-10)17-13(19)12(9(2)18)7-16-14(17)20/h3-8H,1-2H3,(H,16,20). The van der Waals surface area contributed by atoms with Crippen LogP contribution in [0.25, 0.3) is 0 Å². The molecular weight excluding hydrogens is 280 g/mol. The first-order valence-corrected chi connectivity index (χ1v) is 6.40. The van der Waals surface area contributed by atoms with Crippen LogP contribution in [0, 0.1) is 0 Å². The summed E-state index contributed by atoms with van der Waals surface area (Å²) in [6, 6.07) is 6.34. The quantitative estimate of drug-likeness (QED) is 0.880. The van der Waals surface area contributed by atoms with Gasteiger partial charge in [0.15, 0.2) is 5.78 Å². The smallest absolute Gasteiger partial charge is 0.313 e. The van der Waals surface area contributed by atoms with E-state index in [0.29, 0.717) is 5.02 Å². The third-order valence-corrected chi connectivity index (χ3v) is 3.38. The Balaban J connectivity index is 2.60. The van der Waals surface area contributed by atoms with Gasteiger partial charge in [-0.05, 0) is 31.5 Å². The van der Waals surface area contributed by atoms with Crippen molar-refractivity contribution in [3.63, 3.8) is 0 Å². The molecule has 0 fully saturated rings. The minimum Gasteiger partial charge on any atom is -0.313 e. The Morgan fingerprint density at radius 3 is 2.40 bits per heavy atom. The Morgan fingerprint density at radius 2 is 1.85 bits per heavy atom. The number of carbonyl (C=O) groups is 1. The summed E-state index contributed by atoms with van der Waals surface area (Å²) in [5.41, 5.74) is -0.431. The second-order valence-corrected chi connectivity index (χ2v) is 4.90. The highest BCUT2D eigenvalue weighted by Crippen LogP contribution is 2.17. The molecule has 0 bridgehead atoms. The largest absolute Gasteiger partial charge is 0.328 e. The highest BCUT2D eigenvalue weighted by molar-refractivity contribution is 6.30. The molecule has 0 saturated carbocycles. The Bertz CT molecular complexity index is 759. The Labute approximate surface area is 119 Å². The SMILES string of the molecule is CC(=O)c1c[nH]c(=O)n(C(C)c2ccc(Cl)cc2)c1=O. The molecule has 0 aliphatic heterocycles. The van der Waals surface area contributed by atoms with Crippen LogP contribution in [0.2, 0.25) is 5.02 Å². The maximum absolute atomic E-state index is 12.2. The monoisotopic (exact) mass is 292 g/mol. The number of halogens is 1. The van der Waals surface area contributed by atoms with Crippen LogP contribution in [0.4, 0.5) is 0 Å². The van der Waals surface area contributed by atoms with Gasteiger partial charge in [-0.2, -0.15) is 0 Å². The summed E-state index contributed by atoms with van der Waals surface area (Å²) in [7, 11) is 0. The number of Topliss-reactive ketones (excluding diaryl/α,β-unsaturated/α-hetero) is 1. The predicted molar refractivity (Wildman–Crippen MR) is 76.6 cm³/mol. The first-order chi connectivity index (χ1) is 9.41. The fourth-order valence-electron chi connectivity index (χ4n) is 1.98. The molecule has 5 nitrogen and oxygen atoms in total. The number of aromatic amines is 1.